The number of hydrogen-bond acceptors (Lipinski definition) is 5. The summed E-state index contributed by atoms with van der Waals surface area (Å²) in [5, 5.41) is 10.9. The Kier molecular flexibility index (Phi) is 4.94. The summed E-state index contributed by atoms with van der Waals surface area (Å²) in [5.74, 6) is -1.09. The highest BCUT2D eigenvalue weighted by Gasteiger charge is 2.24. The second-order valence-electron chi connectivity index (χ2n) is 4.10. The van der Waals surface area contributed by atoms with Gasteiger partial charge in [0.1, 0.15) is 10.0 Å². The van der Waals surface area contributed by atoms with Crippen LogP contribution in [0.4, 0.5) is 0 Å². The molecule has 2 aromatic rings. The van der Waals surface area contributed by atoms with Crippen LogP contribution in [0.1, 0.15) is 17.3 Å². The van der Waals surface area contributed by atoms with Gasteiger partial charge in [-0.15, -0.1) is 11.3 Å². The first-order chi connectivity index (χ1) is 9.88. The maximum atomic E-state index is 12.2. The lowest BCUT2D eigenvalue weighted by Crippen LogP contribution is -2.29. The van der Waals surface area contributed by atoms with Crippen molar-refractivity contribution >= 4 is 38.9 Å². The van der Waals surface area contributed by atoms with Crippen LogP contribution in [0.3, 0.4) is 0 Å². The van der Waals surface area contributed by atoms with E-state index in [-0.39, 0.29) is 16.5 Å². The van der Waals surface area contributed by atoms with E-state index in [1.807, 2.05) is 0 Å². The molecule has 0 saturated carbocycles. The van der Waals surface area contributed by atoms with Crippen LogP contribution in [0.5, 0.6) is 0 Å². The highest BCUT2D eigenvalue weighted by atomic mass is 35.5. The van der Waals surface area contributed by atoms with Gasteiger partial charge in [-0.1, -0.05) is 17.7 Å². The molecule has 0 aliphatic heterocycles. The van der Waals surface area contributed by atoms with E-state index in [1.54, 1.807) is 17.5 Å². The number of carboxylic acid groups (broad SMARTS) is 1. The van der Waals surface area contributed by atoms with Crippen molar-refractivity contribution in [3.63, 3.8) is 0 Å². The van der Waals surface area contributed by atoms with E-state index in [4.69, 9.17) is 16.7 Å². The van der Waals surface area contributed by atoms with E-state index in [0.717, 1.165) is 6.20 Å². The molecule has 2 rings (SSSR count). The molecule has 1 atom stereocenters. The summed E-state index contributed by atoms with van der Waals surface area (Å²) >= 11 is 6.90. The van der Waals surface area contributed by atoms with E-state index in [0.29, 0.717) is 4.88 Å². The number of aromatic nitrogens is 1. The standard InChI is InChI=1S/C12H11ClN2O4S2/c13-11-4-3-8(7-14-11)21(18,19)15-9(6-12(16)17)10-2-1-5-20-10/h1-5,7,9,15H,6H2,(H,16,17). The van der Waals surface area contributed by atoms with E-state index in [2.05, 4.69) is 9.71 Å². The van der Waals surface area contributed by atoms with Gasteiger partial charge in [-0.05, 0) is 23.6 Å². The van der Waals surface area contributed by atoms with Crippen molar-refractivity contribution in [2.45, 2.75) is 17.4 Å². The number of halogens is 1. The summed E-state index contributed by atoms with van der Waals surface area (Å²) in [7, 11) is -3.88. The third kappa shape index (κ3) is 4.24. The van der Waals surface area contributed by atoms with Gasteiger partial charge < -0.3 is 5.11 Å². The maximum Gasteiger partial charge on any atom is 0.305 e. The molecule has 0 radical (unpaired) electrons. The Balaban J connectivity index is 2.27. The van der Waals surface area contributed by atoms with Gasteiger partial charge in [-0.3, -0.25) is 4.79 Å². The van der Waals surface area contributed by atoms with E-state index < -0.39 is 22.0 Å². The summed E-state index contributed by atoms with van der Waals surface area (Å²) in [6, 6.07) is 5.24. The van der Waals surface area contributed by atoms with Crippen molar-refractivity contribution < 1.29 is 18.3 Å². The number of carboxylic acids is 1. The van der Waals surface area contributed by atoms with Crippen LogP contribution >= 0.6 is 22.9 Å². The largest absolute Gasteiger partial charge is 0.481 e. The Morgan fingerprint density at radius 3 is 2.71 bits per heavy atom. The highest BCUT2D eigenvalue weighted by molar-refractivity contribution is 7.89. The van der Waals surface area contributed by atoms with E-state index in [1.165, 1.54) is 23.5 Å². The molecule has 0 aromatic carbocycles. The smallest absolute Gasteiger partial charge is 0.305 e. The molecule has 9 heteroatoms. The van der Waals surface area contributed by atoms with Gasteiger partial charge in [0.05, 0.1) is 12.5 Å². The molecular weight excluding hydrogens is 336 g/mol. The van der Waals surface area contributed by atoms with Crippen molar-refractivity contribution in [2.24, 2.45) is 0 Å². The predicted octanol–water partition coefficient (Wildman–Crippen LogP) is 2.29. The lowest BCUT2D eigenvalue weighted by atomic mass is 10.2. The second-order valence-corrected chi connectivity index (χ2v) is 7.18. The van der Waals surface area contributed by atoms with Gasteiger partial charge in [0, 0.05) is 11.1 Å². The van der Waals surface area contributed by atoms with Crippen LogP contribution in [0, 0.1) is 0 Å². The van der Waals surface area contributed by atoms with Crippen LogP contribution in [0.15, 0.2) is 40.7 Å². The molecule has 0 aliphatic carbocycles. The summed E-state index contributed by atoms with van der Waals surface area (Å²) < 4.78 is 26.9. The summed E-state index contributed by atoms with van der Waals surface area (Å²) in [4.78, 5) is 15.2. The van der Waals surface area contributed by atoms with Crippen LogP contribution < -0.4 is 4.72 Å². The van der Waals surface area contributed by atoms with Gasteiger partial charge in [0.2, 0.25) is 10.0 Å². The Morgan fingerprint density at radius 2 is 2.19 bits per heavy atom. The Bertz CT molecular complexity index is 714. The van der Waals surface area contributed by atoms with E-state index in [9.17, 15) is 13.2 Å². The average Bonchev–Trinajstić information content (AvgIpc) is 2.91. The zero-order valence-corrected chi connectivity index (χ0v) is 13.0. The summed E-state index contributed by atoms with van der Waals surface area (Å²) in [5.41, 5.74) is 0. The first-order valence-electron chi connectivity index (χ1n) is 5.77. The normalized spacial score (nSPS) is 13.0. The van der Waals surface area contributed by atoms with Crippen LogP contribution in [0.25, 0.3) is 0 Å². The zero-order valence-electron chi connectivity index (χ0n) is 10.6. The van der Waals surface area contributed by atoms with Gasteiger partial charge >= 0.3 is 5.97 Å². The molecule has 0 spiro atoms. The fourth-order valence-electron chi connectivity index (χ4n) is 1.64. The fraction of sp³-hybridized carbons (Fsp3) is 0.167. The quantitative estimate of drug-likeness (QED) is 0.782. The highest BCUT2D eigenvalue weighted by Crippen LogP contribution is 2.24. The average molecular weight is 347 g/mol. The van der Waals surface area contributed by atoms with Crippen molar-refractivity contribution in [2.75, 3.05) is 0 Å². The lowest BCUT2D eigenvalue weighted by molar-refractivity contribution is -0.137. The molecule has 0 saturated heterocycles. The summed E-state index contributed by atoms with van der Waals surface area (Å²) in [6.07, 6.45) is 0.775. The number of hydrogen-bond donors (Lipinski definition) is 2. The molecule has 0 aliphatic rings. The number of nitrogens with one attached hydrogen (secondary N) is 1. The number of sulfonamides is 1. The Labute approximate surface area is 130 Å². The molecule has 2 N–H and O–H groups in total. The lowest BCUT2D eigenvalue weighted by Gasteiger charge is -2.15. The SMILES string of the molecule is O=C(O)CC(NS(=O)(=O)c1ccc(Cl)nc1)c1cccs1. The fourth-order valence-corrected chi connectivity index (χ4v) is 3.76. The molecule has 2 heterocycles. The predicted molar refractivity (Wildman–Crippen MR) is 78.9 cm³/mol. The number of pyridine rings is 1. The first-order valence-corrected chi connectivity index (χ1v) is 8.51. The Hall–Kier alpha value is -1.48. The third-order valence-corrected chi connectivity index (χ3v) is 5.24. The van der Waals surface area contributed by atoms with Crippen molar-refractivity contribution in [1.29, 1.82) is 0 Å². The van der Waals surface area contributed by atoms with Crippen molar-refractivity contribution in [3.05, 3.63) is 45.9 Å². The third-order valence-electron chi connectivity index (χ3n) is 2.57. The first kappa shape index (κ1) is 15.9. The van der Waals surface area contributed by atoms with Gasteiger partial charge in [-0.25, -0.2) is 18.1 Å². The second kappa shape index (κ2) is 6.52. The van der Waals surface area contributed by atoms with Gasteiger partial charge in [0.15, 0.2) is 0 Å². The number of rotatable bonds is 6. The number of aliphatic carboxylic acids is 1. The van der Waals surface area contributed by atoms with Crippen molar-refractivity contribution in [1.82, 2.24) is 9.71 Å². The maximum absolute atomic E-state index is 12.2. The monoisotopic (exact) mass is 346 g/mol. The van der Waals surface area contributed by atoms with E-state index >= 15 is 0 Å². The van der Waals surface area contributed by atoms with Gasteiger partial charge in [-0.2, -0.15) is 0 Å². The molecule has 0 amide bonds. The van der Waals surface area contributed by atoms with Gasteiger partial charge in [0.25, 0.3) is 0 Å². The van der Waals surface area contributed by atoms with Crippen LogP contribution in [-0.4, -0.2) is 24.5 Å². The molecule has 0 bridgehead atoms. The molecule has 2 aromatic heterocycles. The number of thiophene rings is 1. The van der Waals surface area contributed by atoms with Crippen molar-refractivity contribution in [3.8, 4) is 0 Å². The minimum atomic E-state index is -3.88. The molecule has 112 valence electrons. The minimum Gasteiger partial charge on any atom is -0.481 e. The molecular formula is C12H11ClN2O4S2. The zero-order chi connectivity index (χ0) is 15.5. The van der Waals surface area contributed by atoms with Crippen LogP contribution in [-0.2, 0) is 14.8 Å². The Morgan fingerprint density at radius 1 is 1.43 bits per heavy atom. The molecule has 6 nitrogen and oxygen atoms in total. The molecule has 21 heavy (non-hydrogen) atoms. The minimum absolute atomic E-state index is 0.0705. The molecule has 1 unspecified atom stereocenters. The van der Waals surface area contributed by atoms with Crippen LogP contribution in [0.2, 0.25) is 5.15 Å². The summed E-state index contributed by atoms with van der Waals surface area (Å²) in [6.45, 7) is 0. The molecule has 0 fully saturated rings. The topological polar surface area (TPSA) is 96.4 Å². The number of nitrogens with zero attached hydrogens (tertiary/aromatic N) is 1. The number of carbonyl (C=O) groups is 1.